The topological polar surface area (TPSA) is 56.7 Å². The number of benzene rings is 1. The molecule has 2 rings (SSSR count). The third-order valence-electron chi connectivity index (χ3n) is 2.52. The largest absolute Gasteiger partial charge is 0.398 e. The van der Waals surface area contributed by atoms with Crippen LogP contribution in [-0.4, -0.2) is 14.8 Å². The van der Waals surface area contributed by atoms with Gasteiger partial charge >= 0.3 is 0 Å². The molecule has 0 radical (unpaired) electrons. The first-order valence-corrected chi connectivity index (χ1v) is 4.97. The fourth-order valence-corrected chi connectivity index (χ4v) is 1.57. The lowest BCUT2D eigenvalue weighted by Crippen LogP contribution is -2.00. The van der Waals surface area contributed by atoms with Crippen molar-refractivity contribution in [2.24, 2.45) is 0 Å². The van der Waals surface area contributed by atoms with Gasteiger partial charge in [-0.05, 0) is 25.5 Å². The van der Waals surface area contributed by atoms with Gasteiger partial charge in [0.15, 0.2) is 5.82 Å². The van der Waals surface area contributed by atoms with E-state index in [1.807, 2.05) is 29.7 Å². The van der Waals surface area contributed by atoms with Crippen molar-refractivity contribution < 1.29 is 0 Å². The fourth-order valence-electron chi connectivity index (χ4n) is 1.57. The molecule has 0 aliphatic carbocycles. The molecule has 0 saturated carbocycles. The first-order chi connectivity index (χ1) is 7.24. The normalized spacial score (nSPS) is 10.5. The Labute approximate surface area is 88.8 Å². The number of hydrogen-bond donors (Lipinski definition) is 1. The molecule has 0 aliphatic rings. The van der Waals surface area contributed by atoms with Crippen molar-refractivity contribution in [1.82, 2.24) is 14.8 Å². The first-order valence-electron chi connectivity index (χ1n) is 4.97. The van der Waals surface area contributed by atoms with Crippen molar-refractivity contribution in [2.45, 2.75) is 20.4 Å². The highest BCUT2D eigenvalue weighted by atomic mass is 15.3. The number of nitrogens with two attached hydrogens (primary N) is 1. The Morgan fingerprint density at radius 2 is 2.20 bits per heavy atom. The van der Waals surface area contributed by atoms with E-state index >= 15 is 0 Å². The monoisotopic (exact) mass is 202 g/mol. The molecule has 1 heterocycles. The van der Waals surface area contributed by atoms with Gasteiger partial charge in [0.05, 0.1) is 0 Å². The van der Waals surface area contributed by atoms with Crippen LogP contribution in [0, 0.1) is 6.92 Å². The van der Waals surface area contributed by atoms with E-state index in [1.165, 1.54) is 0 Å². The van der Waals surface area contributed by atoms with E-state index in [9.17, 15) is 0 Å². The summed E-state index contributed by atoms with van der Waals surface area (Å²) in [6, 6.07) is 5.94. The van der Waals surface area contributed by atoms with Gasteiger partial charge in [-0.25, -0.2) is 0 Å². The molecule has 0 bridgehead atoms. The minimum absolute atomic E-state index is 0.778. The van der Waals surface area contributed by atoms with Crippen molar-refractivity contribution in [3.8, 4) is 11.4 Å². The van der Waals surface area contributed by atoms with Crippen LogP contribution < -0.4 is 5.73 Å². The van der Waals surface area contributed by atoms with E-state index in [2.05, 4.69) is 17.1 Å². The first kappa shape index (κ1) is 9.71. The summed E-state index contributed by atoms with van der Waals surface area (Å²) in [4.78, 5) is 0. The average Bonchev–Trinajstić information content (AvgIpc) is 2.70. The van der Waals surface area contributed by atoms with Gasteiger partial charge in [-0.2, -0.15) is 0 Å². The third-order valence-corrected chi connectivity index (χ3v) is 2.52. The maximum Gasteiger partial charge on any atom is 0.165 e. The maximum absolute atomic E-state index is 6.02. The predicted molar refractivity (Wildman–Crippen MR) is 60.3 cm³/mol. The third kappa shape index (κ3) is 1.58. The minimum atomic E-state index is 0.778. The number of hydrogen-bond acceptors (Lipinski definition) is 3. The van der Waals surface area contributed by atoms with E-state index in [0.29, 0.717) is 0 Å². The summed E-state index contributed by atoms with van der Waals surface area (Å²) in [5, 5.41) is 7.99. The molecule has 78 valence electrons. The van der Waals surface area contributed by atoms with Gasteiger partial charge in [0, 0.05) is 17.8 Å². The Balaban J connectivity index is 2.59. The molecule has 0 aliphatic heterocycles. The van der Waals surface area contributed by atoms with Crippen LogP contribution in [0.25, 0.3) is 11.4 Å². The Morgan fingerprint density at radius 1 is 1.40 bits per heavy atom. The summed E-state index contributed by atoms with van der Waals surface area (Å²) < 4.78 is 1.98. The predicted octanol–water partition coefficient (Wildman–Crippen LogP) is 1.86. The lowest BCUT2D eigenvalue weighted by molar-refractivity contribution is 0.767. The van der Waals surface area contributed by atoms with E-state index < -0.39 is 0 Å². The van der Waals surface area contributed by atoms with Crippen molar-refractivity contribution in [3.05, 3.63) is 30.1 Å². The van der Waals surface area contributed by atoms with E-state index in [-0.39, 0.29) is 0 Å². The lowest BCUT2D eigenvalue weighted by Gasteiger charge is -2.08. The van der Waals surface area contributed by atoms with Gasteiger partial charge in [0.1, 0.15) is 6.33 Å². The quantitative estimate of drug-likeness (QED) is 0.756. The summed E-state index contributed by atoms with van der Waals surface area (Å²) in [5.41, 5.74) is 8.82. The number of para-hydroxylation sites is 1. The van der Waals surface area contributed by atoms with Gasteiger partial charge in [0.25, 0.3) is 0 Å². The number of anilines is 1. The molecule has 0 amide bonds. The van der Waals surface area contributed by atoms with E-state index in [1.54, 1.807) is 6.33 Å². The number of aryl methyl sites for hydroxylation is 2. The van der Waals surface area contributed by atoms with Crippen LogP contribution >= 0.6 is 0 Å². The molecule has 1 aromatic heterocycles. The lowest BCUT2D eigenvalue weighted by atomic mass is 10.1. The number of nitrogens with zero attached hydrogens (tertiary/aromatic N) is 3. The molecule has 0 spiro atoms. The van der Waals surface area contributed by atoms with Crippen LogP contribution in [0.15, 0.2) is 24.5 Å². The second kappa shape index (κ2) is 3.73. The second-order valence-corrected chi connectivity index (χ2v) is 3.48. The molecule has 0 unspecified atom stereocenters. The SMILES string of the molecule is CCn1cnnc1-c1cccc(C)c1N. The molecule has 15 heavy (non-hydrogen) atoms. The zero-order valence-corrected chi connectivity index (χ0v) is 8.94. The Bertz CT molecular complexity index is 473. The summed E-state index contributed by atoms with van der Waals surface area (Å²) >= 11 is 0. The highest BCUT2D eigenvalue weighted by Gasteiger charge is 2.10. The van der Waals surface area contributed by atoms with E-state index in [0.717, 1.165) is 29.2 Å². The summed E-state index contributed by atoms with van der Waals surface area (Å²) in [6.45, 7) is 4.89. The molecule has 2 aromatic rings. The molecule has 4 nitrogen and oxygen atoms in total. The molecule has 0 atom stereocenters. The molecular weight excluding hydrogens is 188 g/mol. The van der Waals surface area contributed by atoms with Crippen LogP contribution in [0.4, 0.5) is 5.69 Å². The molecule has 1 aromatic carbocycles. The van der Waals surface area contributed by atoms with Gasteiger partial charge in [0.2, 0.25) is 0 Å². The van der Waals surface area contributed by atoms with Crippen molar-refractivity contribution >= 4 is 5.69 Å². The zero-order valence-electron chi connectivity index (χ0n) is 8.94. The standard InChI is InChI=1S/C11H14N4/c1-3-15-7-13-14-11(15)9-6-4-5-8(2)10(9)12/h4-7H,3,12H2,1-2H3. The van der Waals surface area contributed by atoms with Crippen LogP contribution in [0.3, 0.4) is 0 Å². The fraction of sp³-hybridized carbons (Fsp3) is 0.273. The molecule has 0 fully saturated rings. The second-order valence-electron chi connectivity index (χ2n) is 3.48. The van der Waals surface area contributed by atoms with Gasteiger partial charge in [-0.3, -0.25) is 0 Å². The highest BCUT2D eigenvalue weighted by Crippen LogP contribution is 2.26. The Morgan fingerprint density at radius 3 is 2.93 bits per heavy atom. The van der Waals surface area contributed by atoms with E-state index in [4.69, 9.17) is 5.73 Å². The van der Waals surface area contributed by atoms with Crippen molar-refractivity contribution in [2.75, 3.05) is 5.73 Å². The Hall–Kier alpha value is -1.84. The van der Waals surface area contributed by atoms with Crippen LogP contribution in [0.2, 0.25) is 0 Å². The van der Waals surface area contributed by atoms with Gasteiger partial charge in [-0.1, -0.05) is 12.1 Å². The molecule has 2 N–H and O–H groups in total. The molecule has 0 saturated heterocycles. The smallest absolute Gasteiger partial charge is 0.165 e. The number of nitrogen functional groups attached to an aromatic ring is 1. The van der Waals surface area contributed by atoms with Crippen LogP contribution in [-0.2, 0) is 6.54 Å². The molecular formula is C11H14N4. The highest BCUT2D eigenvalue weighted by molar-refractivity contribution is 5.74. The summed E-state index contributed by atoms with van der Waals surface area (Å²) in [5.74, 6) is 0.832. The van der Waals surface area contributed by atoms with Gasteiger partial charge in [-0.15, -0.1) is 10.2 Å². The summed E-state index contributed by atoms with van der Waals surface area (Å²) in [6.07, 6.45) is 1.72. The molecule has 4 heteroatoms. The number of aromatic nitrogens is 3. The van der Waals surface area contributed by atoms with Crippen LogP contribution in [0.1, 0.15) is 12.5 Å². The average molecular weight is 202 g/mol. The maximum atomic E-state index is 6.02. The Kier molecular flexibility index (Phi) is 2.41. The zero-order chi connectivity index (χ0) is 10.8. The van der Waals surface area contributed by atoms with Crippen molar-refractivity contribution in [1.29, 1.82) is 0 Å². The van der Waals surface area contributed by atoms with Crippen molar-refractivity contribution in [3.63, 3.8) is 0 Å². The van der Waals surface area contributed by atoms with Gasteiger partial charge < -0.3 is 10.3 Å². The summed E-state index contributed by atoms with van der Waals surface area (Å²) in [7, 11) is 0. The number of rotatable bonds is 2. The van der Waals surface area contributed by atoms with Crippen LogP contribution in [0.5, 0.6) is 0 Å². The minimum Gasteiger partial charge on any atom is -0.398 e.